The van der Waals surface area contributed by atoms with E-state index in [1.165, 1.54) is 18.0 Å². The number of oxazole rings is 1. The van der Waals surface area contributed by atoms with E-state index in [0.717, 1.165) is 45.2 Å². The molecule has 0 unspecified atom stereocenters. The minimum Gasteiger partial charge on any atom is -0.496 e. The lowest BCUT2D eigenvalue weighted by Gasteiger charge is -2.32. The summed E-state index contributed by atoms with van der Waals surface area (Å²) in [5, 5.41) is 6.28. The Labute approximate surface area is 227 Å². The first kappa shape index (κ1) is 26.8. The van der Waals surface area contributed by atoms with Crippen LogP contribution >= 0.6 is 11.8 Å². The summed E-state index contributed by atoms with van der Waals surface area (Å²) in [6.07, 6.45) is 9.27. The van der Waals surface area contributed by atoms with Gasteiger partial charge in [0.1, 0.15) is 12.0 Å². The molecule has 202 valence electrons. The SMILES string of the molecule is C=C1C(CCS(N)(=O)=O)=CC(C[C@H](OC2CCOCC2)c2ccccc2OC)=C2SC(c3ncco3)=CN12. The van der Waals surface area contributed by atoms with E-state index in [1.54, 1.807) is 13.3 Å². The highest BCUT2D eigenvalue weighted by Gasteiger charge is 2.34. The fourth-order valence-electron chi connectivity index (χ4n) is 4.75. The average molecular weight is 558 g/mol. The van der Waals surface area contributed by atoms with Gasteiger partial charge in [0.05, 0.1) is 41.2 Å². The molecule has 1 fully saturated rings. The predicted octanol–water partition coefficient (Wildman–Crippen LogP) is 4.70. The Balaban J connectivity index is 1.52. The van der Waals surface area contributed by atoms with Gasteiger partial charge in [0.25, 0.3) is 0 Å². The van der Waals surface area contributed by atoms with Crippen molar-refractivity contribution in [1.82, 2.24) is 9.88 Å². The van der Waals surface area contributed by atoms with Crippen LogP contribution in [0.3, 0.4) is 0 Å². The Bertz CT molecular complexity index is 1380. The van der Waals surface area contributed by atoms with Crippen LogP contribution in [0.2, 0.25) is 0 Å². The number of thioether (sulfide) groups is 1. The molecule has 4 heterocycles. The number of hydrogen-bond acceptors (Lipinski definition) is 9. The fourth-order valence-corrected chi connectivity index (χ4v) is 6.35. The van der Waals surface area contributed by atoms with Gasteiger partial charge in [-0.3, -0.25) is 0 Å². The van der Waals surface area contributed by atoms with Gasteiger partial charge in [-0.15, -0.1) is 0 Å². The van der Waals surface area contributed by atoms with Crippen LogP contribution in [0.25, 0.3) is 4.91 Å². The molecule has 5 rings (SSSR count). The van der Waals surface area contributed by atoms with E-state index in [4.69, 9.17) is 23.8 Å². The highest BCUT2D eigenvalue weighted by Crippen LogP contribution is 2.50. The summed E-state index contributed by atoms with van der Waals surface area (Å²) < 4.78 is 47.0. The van der Waals surface area contributed by atoms with Crippen molar-refractivity contribution in [1.29, 1.82) is 0 Å². The van der Waals surface area contributed by atoms with Gasteiger partial charge in [-0.2, -0.15) is 0 Å². The average Bonchev–Trinajstić information content (AvgIpc) is 3.60. The molecule has 9 nitrogen and oxygen atoms in total. The summed E-state index contributed by atoms with van der Waals surface area (Å²) in [6.45, 7) is 5.60. The minimum absolute atomic E-state index is 0.0574. The van der Waals surface area contributed by atoms with Gasteiger partial charge in [0.2, 0.25) is 15.9 Å². The quantitative estimate of drug-likeness (QED) is 0.443. The standard InChI is InChI=1S/C27H31N3O6S2/c1-18-19(9-14-38(28,31)32)15-20(27-30(18)17-25(37-27)26-29-10-13-35-26)16-24(36-21-7-11-34-12-8-21)22-5-3-4-6-23(22)33-2/h3-6,10,13,15,17,21,24H,1,7-9,11-12,14,16H2,2H3,(H2,28,31,32)/t24-/m0/s1. The minimum atomic E-state index is -3.64. The first-order chi connectivity index (χ1) is 18.3. The number of benzene rings is 1. The van der Waals surface area contributed by atoms with Crippen molar-refractivity contribution < 1.29 is 27.0 Å². The third-order valence-corrected chi connectivity index (χ3v) is 8.60. The van der Waals surface area contributed by atoms with Crippen LogP contribution in [0.1, 0.15) is 43.2 Å². The molecular formula is C27H31N3O6S2. The zero-order valence-electron chi connectivity index (χ0n) is 21.2. The van der Waals surface area contributed by atoms with E-state index in [1.807, 2.05) is 41.4 Å². The van der Waals surface area contributed by atoms with E-state index >= 15 is 0 Å². The molecular weight excluding hydrogens is 526 g/mol. The maximum atomic E-state index is 11.8. The van der Waals surface area contributed by atoms with E-state index in [-0.39, 0.29) is 24.4 Å². The Morgan fingerprint density at radius 2 is 2.08 bits per heavy atom. The van der Waals surface area contributed by atoms with Crippen molar-refractivity contribution in [3.63, 3.8) is 0 Å². The summed E-state index contributed by atoms with van der Waals surface area (Å²) in [4.78, 5) is 7.12. The summed E-state index contributed by atoms with van der Waals surface area (Å²) >= 11 is 1.54. The number of primary sulfonamides is 1. The van der Waals surface area contributed by atoms with Crippen LogP contribution in [-0.4, -0.2) is 50.5 Å². The molecule has 0 spiro atoms. The van der Waals surface area contributed by atoms with E-state index in [2.05, 4.69) is 11.6 Å². The second-order valence-electron chi connectivity index (χ2n) is 9.25. The number of fused-ring (bicyclic) bond motifs is 1. The lowest BCUT2D eigenvalue weighted by Crippen LogP contribution is -2.26. The van der Waals surface area contributed by atoms with Gasteiger partial charge in [0, 0.05) is 37.1 Å². The number of aromatic nitrogens is 1. The maximum absolute atomic E-state index is 11.8. The number of hydrogen-bond donors (Lipinski definition) is 1. The van der Waals surface area contributed by atoms with Crippen molar-refractivity contribution in [2.75, 3.05) is 26.1 Å². The molecule has 1 saturated heterocycles. The lowest BCUT2D eigenvalue weighted by atomic mass is 9.95. The van der Waals surface area contributed by atoms with Gasteiger partial charge in [-0.1, -0.05) is 42.6 Å². The molecule has 0 saturated carbocycles. The molecule has 3 aliphatic heterocycles. The molecule has 0 aliphatic carbocycles. The molecule has 0 amide bonds. The van der Waals surface area contributed by atoms with Gasteiger partial charge >= 0.3 is 0 Å². The lowest BCUT2D eigenvalue weighted by molar-refractivity contribution is -0.0698. The van der Waals surface area contributed by atoms with Crippen LogP contribution in [0.4, 0.5) is 0 Å². The largest absolute Gasteiger partial charge is 0.496 e. The zero-order valence-corrected chi connectivity index (χ0v) is 22.8. The fraction of sp³-hybridized carbons (Fsp3) is 0.370. The predicted molar refractivity (Wildman–Crippen MR) is 146 cm³/mol. The van der Waals surface area contributed by atoms with Crippen LogP contribution in [0.5, 0.6) is 5.75 Å². The number of nitrogens with zero attached hydrogens (tertiary/aromatic N) is 2. The maximum Gasteiger partial charge on any atom is 0.234 e. The number of rotatable bonds is 10. The van der Waals surface area contributed by atoms with Gasteiger partial charge in [0.15, 0.2) is 0 Å². The van der Waals surface area contributed by atoms with Crippen LogP contribution in [0, 0.1) is 0 Å². The van der Waals surface area contributed by atoms with Crippen molar-refractivity contribution in [2.45, 2.75) is 37.9 Å². The highest BCUT2D eigenvalue weighted by molar-refractivity contribution is 8.12. The number of allylic oxidation sites excluding steroid dienone is 2. The van der Waals surface area contributed by atoms with Crippen molar-refractivity contribution in [2.24, 2.45) is 5.14 Å². The van der Waals surface area contributed by atoms with Crippen LogP contribution in [0.15, 0.2) is 81.9 Å². The molecule has 1 aromatic heterocycles. The van der Waals surface area contributed by atoms with Crippen molar-refractivity contribution >= 4 is 26.7 Å². The number of para-hydroxylation sites is 1. The number of ether oxygens (including phenoxy) is 3. The molecule has 0 radical (unpaired) electrons. The highest BCUT2D eigenvalue weighted by atomic mass is 32.2. The Hall–Kier alpha value is -2.83. The first-order valence-corrected chi connectivity index (χ1v) is 14.9. The molecule has 3 aliphatic rings. The molecule has 1 atom stereocenters. The summed E-state index contributed by atoms with van der Waals surface area (Å²) in [5.41, 5.74) is 3.44. The molecule has 0 bridgehead atoms. The molecule has 1 aromatic carbocycles. The molecule has 38 heavy (non-hydrogen) atoms. The Kier molecular flexibility index (Phi) is 8.10. The summed E-state index contributed by atoms with van der Waals surface area (Å²) in [5.74, 6) is 1.09. The Morgan fingerprint density at radius 3 is 2.79 bits per heavy atom. The number of methoxy groups -OCH3 is 1. The Morgan fingerprint density at radius 1 is 1.29 bits per heavy atom. The third kappa shape index (κ3) is 6.08. The van der Waals surface area contributed by atoms with Gasteiger partial charge in [-0.05, 0) is 36.5 Å². The number of sulfonamides is 1. The summed E-state index contributed by atoms with van der Waals surface area (Å²) in [7, 11) is -1.99. The smallest absolute Gasteiger partial charge is 0.234 e. The van der Waals surface area contributed by atoms with Gasteiger partial charge in [-0.25, -0.2) is 18.5 Å². The zero-order chi connectivity index (χ0) is 26.7. The normalized spacial score (nSPS) is 19.3. The summed E-state index contributed by atoms with van der Waals surface area (Å²) in [6, 6.07) is 7.87. The van der Waals surface area contributed by atoms with Gasteiger partial charge < -0.3 is 23.5 Å². The monoisotopic (exact) mass is 557 g/mol. The van der Waals surface area contributed by atoms with Crippen molar-refractivity contribution in [3.8, 4) is 5.75 Å². The third-order valence-electron chi connectivity index (χ3n) is 6.67. The van der Waals surface area contributed by atoms with Crippen molar-refractivity contribution in [3.05, 3.63) is 88.9 Å². The topological polar surface area (TPSA) is 117 Å². The van der Waals surface area contributed by atoms with Crippen LogP contribution < -0.4 is 9.88 Å². The number of nitrogens with two attached hydrogens (primary N) is 1. The van der Waals surface area contributed by atoms with E-state index in [9.17, 15) is 8.42 Å². The first-order valence-electron chi connectivity index (χ1n) is 12.4. The second kappa shape index (κ2) is 11.5. The molecule has 11 heteroatoms. The van der Waals surface area contributed by atoms with E-state index in [0.29, 0.717) is 31.2 Å². The van der Waals surface area contributed by atoms with Crippen LogP contribution in [-0.2, 0) is 19.5 Å². The second-order valence-corrected chi connectivity index (χ2v) is 12.0. The van der Waals surface area contributed by atoms with E-state index < -0.39 is 10.0 Å². The molecule has 2 aromatic rings. The molecule has 2 N–H and O–H groups in total.